The molecule has 2 aromatic rings. The van der Waals surface area contributed by atoms with Crippen molar-refractivity contribution in [3.63, 3.8) is 0 Å². The van der Waals surface area contributed by atoms with Gasteiger partial charge in [0.05, 0.1) is 6.26 Å². The van der Waals surface area contributed by atoms with Crippen LogP contribution in [0, 0.1) is 6.92 Å². The van der Waals surface area contributed by atoms with E-state index in [0.29, 0.717) is 0 Å². The molecule has 2 N–H and O–H groups in total. The predicted octanol–water partition coefficient (Wildman–Crippen LogP) is 2.94. The first-order chi connectivity index (χ1) is 6.50. The van der Waals surface area contributed by atoms with Gasteiger partial charge in [0, 0.05) is 10.9 Å². The van der Waals surface area contributed by atoms with Crippen LogP contribution in [0.1, 0.15) is 25.0 Å². The summed E-state index contributed by atoms with van der Waals surface area (Å²) in [7, 11) is 0. The van der Waals surface area contributed by atoms with Gasteiger partial charge in [0.1, 0.15) is 5.58 Å². The standard InChI is InChI=1S/C12H15NO/c1-8-7-14-10-6-4-5-9(11(8)10)12(2,3)13/h4-7H,13H2,1-3H3. The molecule has 14 heavy (non-hydrogen) atoms. The average Bonchev–Trinajstić information content (AvgIpc) is 2.46. The fourth-order valence-electron chi connectivity index (χ4n) is 1.78. The highest BCUT2D eigenvalue weighted by molar-refractivity contribution is 5.85. The van der Waals surface area contributed by atoms with Crippen LogP contribution in [0.3, 0.4) is 0 Å². The van der Waals surface area contributed by atoms with Crippen LogP contribution < -0.4 is 5.73 Å². The van der Waals surface area contributed by atoms with E-state index < -0.39 is 0 Å². The highest BCUT2D eigenvalue weighted by Gasteiger charge is 2.19. The van der Waals surface area contributed by atoms with Gasteiger partial charge in [-0.05, 0) is 38.0 Å². The third-order valence-electron chi connectivity index (χ3n) is 2.48. The maximum atomic E-state index is 6.11. The Balaban J connectivity index is 2.82. The molecule has 2 nitrogen and oxygen atoms in total. The lowest BCUT2D eigenvalue weighted by atomic mass is 9.91. The highest BCUT2D eigenvalue weighted by atomic mass is 16.3. The summed E-state index contributed by atoms with van der Waals surface area (Å²) in [5.41, 5.74) is 8.99. The smallest absolute Gasteiger partial charge is 0.134 e. The van der Waals surface area contributed by atoms with Crippen LogP contribution in [0.4, 0.5) is 0 Å². The van der Waals surface area contributed by atoms with Gasteiger partial charge in [-0.2, -0.15) is 0 Å². The Kier molecular flexibility index (Phi) is 1.89. The molecule has 0 spiro atoms. The fraction of sp³-hybridized carbons (Fsp3) is 0.333. The highest BCUT2D eigenvalue weighted by Crippen LogP contribution is 2.30. The lowest BCUT2D eigenvalue weighted by molar-refractivity contribution is 0.558. The molecule has 2 rings (SSSR count). The zero-order chi connectivity index (χ0) is 10.3. The Morgan fingerprint density at radius 2 is 2.00 bits per heavy atom. The maximum Gasteiger partial charge on any atom is 0.134 e. The molecule has 0 bridgehead atoms. The number of nitrogens with two attached hydrogens (primary N) is 1. The van der Waals surface area contributed by atoms with Crippen molar-refractivity contribution in [2.45, 2.75) is 26.3 Å². The van der Waals surface area contributed by atoms with Crippen molar-refractivity contribution in [2.24, 2.45) is 5.73 Å². The molecule has 1 heterocycles. The summed E-state index contributed by atoms with van der Waals surface area (Å²) in [5, 5.41) is 1.15. The molecular weight excluding hydrogens is 174 g/mol. The first-order valence-corrected chi connectivity index (χ1v) is 4.76. The van der Waals surface area contributed by atoms with Gasteiger partial charge < -0.3 is 10.2 Å². The van der Waals surface area contributed by atoms with Crippen molar-refractivity contribution in [2.75, 3.05) is 0 Å². The molecule has 74 valence electrons. The van der Waals surface area contributed by atoms with Crippen LogP contribution in [0.5, 0.6) is 0 Å². The van der Waals surface area contributed by atoms with E-state index in [1.54, 1.807) is 6.26 Å². The van der Waals surface area contributed by atoms with Crippen molar-refractivity contribution in [3.8, 4) is 0 Å². The molecule has 0 atom stereocenters. The molecule has 0 aliphatic heterocycles. The third-order valence-corrected chi connectivity index (χ3v) is 2.48. The molecule has 0 saturated carbocycles. The summed E-state index contributed by atoms with van der Waals surface area (Å²) in [6, 6.07) is 6.01. The molecule has 0 aliphatic carbocycles. The van der Waals surface area contributed by atoms with E-state index in [1.165, 1.54) is 0 Å². The van der Waals surface area contributed by atoms with Gasteiger partial charge in [-0.1, -0.05) is 12.1 Å². The average molecular weight is 189 g/mol. The van der Waals surface area contributed by atoms with Crippen molar-refractivity contribution < 1.29 is 4.42 Å². The number of hydrogen-bond acceptors (Lipinski definition) is 2. The SMILES string of the molecule is Cc1coc2cccc(C(C)(C)N)c12. The lowest BCUT2D eigenvalue weighted by Gasteiger charge is -2.20. The zero-order valence-electron chi connectivity index (χ0n) is 8.79. The van der Waals surface area contributed by atoms with Gasteiger partial charge in [0.2, 0.25) is 0 Å². The molecule has 0 amide bonds. The minimum absolute atomic E-state index is 0.325. The summed E-state index contributed by atoms with van der Waals surface area (Å²) in [5.74, 6) is 0. The quantitative estimate of drug-likeness (QED) is 0.749. The van der Waals surface area contributed by atoms with E-state index in [4.69, 9.17) is 10.2 Å². The van der Waals surface area contributed by atoms with Crippen molar-refractivity contribution in [3.05, 3.63) is 35.6 Å². The Labute approximate surface area is 83.7 Å². The number of furan rings is 1. The molecule has 0 saturated heterocycles. The Bertz CT molecular complexity index is 463. The lowest BCUT2D eigenvalue weighted by Crippen LogP contribution is -2.28. The minimum atomic E-state index is -0.325. The van der Waals surface area contributed by atoms with Crippen molar-refractivity contribution in [1.82, 2.24) is 0 Å². The van der Waals surface area contributed by atoms with Crippen LogP contribution in [-0.2, 0) is 5.54 Å². The molecule has 0 unspecified atom stereocenters. The molecule has 0 aliphatic rings. The molecule has 1 aromatic carbocycles. The van der Waals surface area contributed by atoms with Gasteiger partial charge in [-0.3, -0.25) is 0 Å². The summed E-state index contributed by atoms with van der Waals surface area (Å²) < 4.78 is 5.43. The zero-order valence-corrected chi connectivity index (χ0v) is 8.79. The number of rotatable bonds is 1. The van der Waals surface area contributed by atoms with Crippen molar-refractivity contribution in [1.29, 1.82) is 0 Å². The Morgan fingerprint density at radius 3 is 2.64 bits per heavy atom. The van der Waals surface area contributed by atoms with Crippen LogP contribution in [0.25, 0.3) is 11.0 Å². The molecule has 0 radical (unpaired) electrons. The van der Waals surface area contributed by atoms with Crippen LogP contribution in [0.15, 0.2) is 28.9 Å². The fourth-order valence-corrected chi connectivity index (χ4v) is 1.78. The second-order valence-corrected chi connectivity index (χ2v) is 4.32. The monoisotopic (exact) mass is 189 g/mol. The van der Waals surface area contributed by atoms with E-state index in [0.717, 1.165) is 22.1 Å². The number of fused-ring (bicyclic) bond motifs is 1. The predicted molar refractivity (Wildman–Crippen MR) is 58.2 cm³/mol. The molecule has 0 fully saturated rings. The molecule has 2 heteroatoms. The van der Waals surface area contributed by atoms with E-state index in [1.807, 2.05) is 32.9 Å². The summed E-state index contributed by atoms with van der Waals surface area (Å²) in [4.78, 5) is 0. The third kappa shape index (κ3) is 1.32. The second-order valence-electron chi connectivity index (χ2n) is 4.32. The summed E-state index contributed by atoms with van der Waals surface area (Å²) >= 11 is 0. The van der Waals surface area contributed by atoms with Gasteiger partial charge in [-0.15, -0.1) is 0 Å². The largest absolute Gasteiger partial charge is 0.464 e. The van der Waals surface area contributed by atoms with E-state index in [2.05, 4.69) is 6.07 Å². The van der Waals surface area contributed by atoms with Gasteiger partial charge >= 0.3 is 0 Å². The van der Waals surface area contributed by atoms with Crippen molar-refractivity contribution >= 4 is 11.0 Å². The first kappa shape index (κ1) is 9.28. The minimum Gasteiger partial charge on any atom is -0.464 e. The normalized spacial score (nSPS) is 12.3. The number of aryl methyl sites for hydroxylation is 1. The van der Waals surface area contributed by atoms with Crippen LogP contribution >= 0.6 is 0 Å². The van der Waals surface area contributed by atoms with Crippen LogP contribution in [-0.4, -0.2) is 0 Å². The van der Waals surface area contributed by atoms with Gasteiger partial charge in [0.25, 0.3) is 0 Å². The first-order valence-electron chi connectivity index (χ1n) is 4.76. The van der Waals surface area contributed by atoms with Gasteiger partial charge in [0.15, 0.2) is 0 Å². The van der Waals surface area contributed by atoms with Crippen LogP contribution in [0.2, 0.25) is 0 Å². The summed E-state index contributed by atoms with van der Waals surface area (Å²) in [6.07, 6.45) is 1.78. The topological polar surface area (TPSA) is 39.2 Å². The maximum absolute atomic E-state index is 6.11. The number of benzene rings is 1. The Hall–Kier alpha value is -1.28. The summed E-state index contributed by atoms with van der Waals surface area (Å²) in [6.45, 7) is 6.06. The van der Waals surface area contributed by atoms with E-state index in [-0.39, 0.29) is 5.54 Å². The second kappa shape index (κ2) is 2.85. The Morgan fingerprint density at radius 1 is 1.29 bits per heavy atom. The van der Waals surface area contributed by atoms with E-state index in [9.17, 15) is 0 Å². The van der Waals surface area contributed by atoms with E-state index >= 15 is 0 Å². The number of hydrogen-bond donors (Lipinski definition) is 1. The molecule has 1 aromatic heterocycles. The molecular formula is C12H15NO. The van der Waals surface area contributed by atoms with Gasteiger partial charge in [-0.25, -0.2) is 0 Å².